The van der Waals surface area contributed by atoms with Gasteiger partial charge in [0, 0.05) is 6.42 Å². The molecule has 0 bridgehead atoms. The summed E-state index contributed by atoms with van der Waals surface area (Å²) in [5.41, 5.74) is 0.885. The summed E-state index contributed by atoms with van der Waals surface area (Å²) in [6.45, 7) is 0. The van der Waals surface area contributed by atoms with E-state index in [0.29, 0.717) is 0 Å². The number of sulfonamides is 1. The van der Waals surface area contributed by atoms with Gasteiger partial charge in [0.2, 0.25) is 10.0 Å². The Morgan fingerprint density at radius 3 is 2.43 bits per heavy atom. The van der Waals surface area contributed by atoms with E-state index in [1.807, 2.05) is 30.3 Å². The van der Waals surface area contributed by atoms with Crippen LogP contribution in [0.2, 0.25) is 0 Å². The van der Waals surface area contributed by atoms with Crippen molar-refractivity contribution in [1.82, 2.24) is 4.72 Å². The molecule has 0 aliphatic carbocycles. The molecule has 0 spiro atoms. The summed E-state index contributed by atoms with van der Waals surface area (Å²) in [6.07, 6.45) is 0.224. The molecule has 4 nitrogen and oxygen atoms in total. The van der Waals surface area contributed by atoms with Gasteiger partial charge in [-0.05, 0) is 5.56 Å². The van der Waals surface area contributed by atoms with E-state index in [0.717, 1.165) is 11.8 Å². The summed E-state index contributed by atoms with van der Waals surface area (Å²) in [5.74, 6) is 0. The van der Waals surface area contributed by atoms with Gasteiger partial charge >= 0.3 is 0 Å². The van der Waals surface area contributed by atoms with Crippen molar-refractivity contribution in [1.29, 1.82) is 0 Å². The first-order valence-electron chi connectivity index (χ1n) is 4.17. The Bertz CT molecular complexity index is 374. The zero-order valence-electron chi connectivity index (χ0n) is 7.84. The van der Waals surface area contributed by atoms with E-state index in [4.69, 9.17) is 0 Å². The molecular weight excluding hydrogens is 202 g/mol. The van der Waals surface area contributed by atoms with Crippen LogP contribution in [-0.4, -0.2) is 26.0 Å². The van der Waals surface area contributed by atoms with Crippen LogP contribution >= 0.6 is 0 Å². The zero-order valence-corrected chi connectivity index (χ0v) is 8.66. The average Bonchev–Trinajstić information content (AvgIpc) is 2.02. The van der Waals surface area contributed by atoms with Crippen molar-refractivity contribution >= 4 is 10.0 Å². The van der Waals surface area contributed by atoms with Crippen LogP contribution in [-0.2, 0) is 16.4 Å². The minimum absolute atomic E-state index is 0.272. The molecule has 0 amide bonds. The molecule has 0 fully saturated rings. The molecule has 78 valence electrons. The van der Waals surface area contributed by atoms with Crippen molar-refractivity contribution in [3.63, 3.8) is 0 Å². The molecule has 1 aromatic carbocycles. The second-order valence-electron chi connectivity index (χ2n) is 3.10. The Morgan fingerprint density at radius 2 is 1.93 bits per heavy atom. The molecule has 0 aliphatic heterocycles. The number of hydrogen-bond donors (Lipinski definition) is 2. The van der Waals surface area contributed by atoms with Gasteiger partial charge in [-0.25, -0.2) is 8.42 Å². The standard InChI is InChI=1S/C9H13NO3S/c1-14(12,13)10-9(11)7-8-5-3-2-4-6-8/h2-6,9-11H,7H2,1H3. The molecule has 0 saturated carbocycles. The zero-order chi connectivity index (χ0) is 10.6. The second-order valence-corrected chi connectivity index (χ2v) is 4.88. The summed E-state index contributed by atoms with van der Waals surface area (Å²) in [5, 5.41) is 9.35. The minimum atomic E-state index is -3.34. The maximum Gasteiger partial charge on any atom is 0.210 e. The lowest BCUT2D eigenvalue weighted by atomic mass is 10.1. The highest BCUT2D eigenvalue weighted by Crippen LogP contribution is 2.01. The third-order valence-electron chi connectivity index (χ3n) is 1.62. The quantitative estimate of drug-likeness (QED) is 0.700. The van der Waals surface area contributed by atoms with Crippen molar-refractivity contribution in [3.05, 3.63) is 35.9 Å². The number of benzene rings is 1. The second kappa shape index (κ2) is 4.54. The molecule has 0 saturated heterocycles. The molecule has 1 unspecified atom stereocenters. The van der Waals surface area contributed by atoms with Crippen molar-refractivity contribution in [2.75, 3.05) is 6.26 Å². The van der Waals surface area contributed by atoms with Gasteiger partial charge in [0.1, 0.15) is 6.23 Å². The highest BCUT2D eigenvalue weighted by atomic mass is 32.2. The van der Waals surface area contributed by atoms with Crippen LogP contribution in [0.3, 0.4) is 0 Å². The molecule has 2 N–H and O–H groups in total. The SMILES string of the molecule is CS(=O)(=O)NC(O)Cc1ccccc1. The van der Waals surface area contributed by atoms with E-state index >= 15 is 0 Å². The predicted octanol–water partition coefficient (Wildman–Crippen LogP) is 0.0967. The summed E-state index contributed by atoms with van der Waals surface area (Å²) in [7, 11) is -3.34. The summed E-state index contributed by atoms with van der Waals surface area (Å²) in [6, 6.07) is 9.19. The lowest BCUT2D eigenvalue weighted by molar-refractivity contribution is 0.164. The Kier molecular flexibility index (Phi) is 3.62. The van der Waals surface area contributed by atoms with E-state index in [2.05, 4.69) is 4.72 Å². The number of rotatable bonds is 4. The van der Waals surface area contributed by atoms with Crippen molar-refractivity contribution in [3.8, 4) is 0 Å². The Morgan fingerprint density at radius 1 is 1.36 bits per heavy atom. The smallest absolute Gasteiger partial charge is 0.210 e. The molecule has 1 aromatic rings. The number of nitrogens with one attached hydrogen (secondary N) is 1. The Labute approximate surface area is 83.6 Å². The third kappa shape index (κ3) is 4.36. The average molecular weight is 215 g/mol. The van der Waals surface area contributed by atoms with E-state index < -0.39 is 16.3 Å². The fraction of sp³-hybridized carbons (Fsp3) is 0.333. The normalized spacial score (nSPS) is 13.9. The molecule has 1 rings (SSSR count). The van der Waals surface area contributed by atoms with Gasteiger partial charge in [0.25, 0.3) is 0 Å². The first kappa shape index (κ1) is 11.2. The van der Waals surface area contributed by atoms with Crippen molar-refractivity contribution < 1.29 is 13.5 Å². The van der Waals surface area contributed by atoms with Crippen LogP contribution in [0.1, 0.15) is 5.56 Å². The van der Waals surface area contributed by atoms with Crippen LogP contribution in [0.5, 0.6) is 0 Å². The largest absolute Gasteiger partial charge is 0.377 e. The van der Waals surface area contributed by atoms with E-state index in [9.17, 15) is 13.5 Å². The van der Waals surface area contributed by atoms with Crippen LogP contribution < -0.4 is 4.72 Å². The molecular formula is C9H13NO3S. The number of aliphatic hydroxyl groups excluding tert-OH is 1. The van der Waals surface area contributed by atoms with Gasteiger partial charge in [-0.2, -0.15) is 4.72 Å². The van der Waals surface area contributed by atoms with Gasteiger partial charge < -0.3 is 5.11 Å². The van der Waals surface area contributed by atoms with Gasteiger partial charge in [-0.15, -0.1) is 0 Å². The molecule has 0 aromatic heterocycles. The number of aliphatic hydroxyl groups is 1. The van der Waals surface area contributed by atoms with Gasteiger partial charge in [0.05, 0.1) is 6.26 Å². The van der Waals surface area contributed by atoms with E-state index in [1.54, 1.807) is 0 Å². The topological polar surface area (TPSA) is 66.4 Å². The third-order valence-corrected chi connectivity index (χ3v) is 2.32. The van der Waals surface area contributed by atoms with Gasteiger partial charge in [-0.1, -0.05) is 30.3 Å². The molecule has 1 atom stereocenters. The molecule has 0 radical (unpaired) electrons. The highest BCUT2D eigenvalue weighted by molar-refractivity contribution is 7.88. The van der Waals surface area contributed by atoms with E-state index in [1.165, 1.54) is 0 Å². The minimum Gasteiger partial charge on any atom is -0.377 e. The Balaban J connectivity index is 2.54. The first-order chi connectivity index (χ1) is 6.47. The van der Waals surface area contributed by atoms with E-state index in [-0.39, 0.29) is 6.42 Å². The predicted molar refractivity (Wildman–Crippen MR) is 54.1 cm³/mol. The van der Waals surface area contributed by atoms with Crippen LogP contribution in [0.25, 0.3) is 0 Å². The molecule has 0 aliphatic rings. The van der Waals surface area contributed by atoms with Crippen LogP contribution in [0.4, 0.5) is 0 Å². The highest BCUT2D eigenvalue weighted by Gasteiger charge is 2.10. The Hall–Kier alpha value is -0.910. The fourth-order valence-corrected chi connectivity index (χ4v) is 1.70. The maximum atomic E-state index is 10.8. The summed E-state index contributed by atoms with van der Waals surface area (Å²) < 4.78 is 23.6. The number of hydrogen-bond acceptors (Lipinski definition) is 3. The van der Waals surface area contributed by atoms with Crippen molar-refractivity contribution in [2.24, 2.45) is 0 Å². The summed E-state index contributed by atoms with van der Waals surface area (Å²) >= 11 is 0. The van der Waals surface area contributed by atoms with Gasteiger partial charge in [0.15, 0.2) is 0 Å². The fourth-order valence-electron chi connectivity index (χ4n) is 1.13. The van der Waals surface area contributed by atoms with Crippen LogP contribution in [0.15, 0.2) is 30.3 Å². The van der Waals surface area contributed by atoms with Crippen molar-refractivity contribution in [2.45, 2.75) is 12.6 Å². The summed E-state index contributed by atoms with van der Waals surface area (Å²) in [4.78, 5) is 0. The van der Waals surface area contributed by atoms with Gasteiger partial charge in [-0.3, -0.25) is 0 Å². The molecule has 0 heterocycles. The lowest BCUT2D eigenvalue weighted by Gasteiger charge is -2.10. The monoisotopic (exact) mass is 215 g/mol. The molecule has 14 heavy (non-hydrogen) atoms. The molecule has 5 heteroatoms. The lowest BCUT2D eigenvalue weighted by Crippen LogP contribution is -2.35. The maximum absolute atomic E-state index is 10.8. The van der Waals surface area contributed by atoms with Crippen LogP contribution in [0, 0.1) is 0 Å². The first-order valence-corrected chi connectivity index (χ1v) is 6.06.